The van der Waals surface area contributed by atoms with Crippen molar-refractivity contribution in [2.45, 2.75) is 31.7 Å². The molecule has 0 saturated carbocycles. The third-order valence-electron chi connectivity index (χ3n) is 5.38. The van der Waals surface area contributed by atoms with E-state index in [0.29, 0.717) is 71.3 Å². The zero-order chi connectivity index (χ0) is 20.1. The standard InChI is InChI=1S/C19H18ClF2N5O2/c20-12-6-27(19-16(12)18(23)25-8-26-19)15-3-9(7-28-15)29-14-4-13(21)17(22)10-1-2-24-5-11(10)14/h4,6,8-9,15,24H,1-3,5,7H2,(H2,23,25,26). The van der Waals surface area contributed by atoms with Crippen molar-refractivity contribution >= 4 is 28.5 Å². The molecule has 0 radical (unpaired) electrons. The molecule has 2 aliphatic rings. The van der Waals surface area contributed by atoms with Gasteiger partial charge >= 0.3 is 0 Å². The first-order valence-electron chi connectivity index (χ1n) is 9.28. The fourth-order valence-electron chi connectivity index (χ4n) is 3.99. The third kappa shape index (κ3) is 3.09. The Labute approximate surface area is 169 Å². The van der Waals surface area contributed by atoms with Crippen molar-refractivity contribution in [2.24, 2.45) is 0 Å². The lowest BCUT2D eigenvalue weighted by Gasteiger charge is -2.23. The van der Waals surface area contributed by atoms with Crippen LogP contribution in [0.15, 0.2) is 18.6 Å². The molecule has 29 heavy (non-hydrogen) atoms. The highest BCUT2D eigenvalue weighted by atomic mass is 35.5. The van der Waals surface area contributed by atoms with Gasteiger partial charge in [0, 0.05) is 36.4 Å². The Balaban J connectivity index is 1.40. The lowest BCUT2D eigenvalue weighted by molar-refractivity contribution is 0.0526. The first-order valence-corrected chi connectivity index (χ1v) is 9.66. The van der Waals surface area contributed by atoms with Crippen LogP contribution in [0.25, 0.3) is 11.0 Å². The van der Waals surface area contributed by atoms with Crippen molar-refractivity contribution < 1.29 is 18.3 Å². The van der Waals surface area contributed by atoms with E-state index in [1.54, 1.807) is 10.8 Å². The van der Waals surface area contributed by atoms with Crippen LogP contribution in [-0.4, -0.2) is 33.8 Å². The minimum absolute atomic E-state index is 0.295. The molecule has 5 rings (SSSR count). The van der Waals surface area contributed by atoms with Gasteiger partial charge in [0.25, 0.3) is 0 Å². The van der Waals surface area contributed by atoms with Crippen LogP contribution in [0.2, 0.25) is 5.02 Å². The maximum atomic E-state index is 14.1. The monoisotopic (exact) mass is 421 g/mol. The summed E-state index contributed by atoms with van der Waals surface area (Å²) in [7, 11) is 0. The molecule has 1 fully saturated rings. The quantitative estimate of drug-likeness (QED) is 0.676. The largest absolute Gasteiger partial charge is 0.487 e. The van der Waals surface area contributed by atoms with Crippen LogP contribution < -0.4 is 15.8 Å². The highest BCUT2D eigenvalue weighted by molar-refractivity contribution is 6.36. The van der Waals surface area contributed by atoms with E-state index in [1.807, 2.05) is 0 Å². The van der Waals surface area contributed by atoms with Crippen molar-refractivity contribution in [3.63, 3.8) is 0 Å². The number of nitrogens with two attached hydrogens (primary N) is 1. The van der Waals surface area contributed by atoms with Gasteiger partial charge < -0.3 is 25.1 Å². The number of hydrogen-bond donors (Lipinski definition) is 2. The summed E-state index contributed by atoms with van der Waals surface area (Å²) in [6, 6.07) is 1.12. The van der Waals surface area contributed by atoms with Gasteiger partial charge in [-0.05, 0) is 13.0 Å². The molecule has 2 aliphatic heterocycles. The van der Waals surface area contributed by atoms with Gasteiger partial charge in [0.1, 0.15) is 35.9 Å². The number of nitrogen functional groups attached to an aromatic ring is 1. The Morgan fingerprint density at radius 3 is 3.03 bits per heavy atom. The van der Waals surface area contributed by atoms with Crippen LogP contribution in [0.5, 0.6) is 5.75 Å². The van der Waals surface area contributed by atoms with E-state index in [4.69, 9.17) is 26.8 Å². The van der Waals surface area contributed by atoms with Gasteiger partial charge in [0.05, 0.1) is 17.0 Å². The molecule has 2 aromatic heterocycles. The zero-order valence-electron chi connectivity index (χ0n) is 15.3. The van der Waals surface area contributed by atoms with E-state index in [2.05, 4.69) is 15.3 Å². The van der Waals surface area contributed by atoms with Crippen molar-refractivity contribution in [2.75, 3.05) is 18.9 Å². The van der Waals surface area contributed by atoms with E-state index >= 15 is 0 Å². The van der Waals surface area contributed by atoms with Gasteiger partial charge in [-0.25, -0.2) is 18.7 Å². The Kier molecular flexibility index (Phi) is 4.53. The minimum Gasteiger partial charge on any atom is -0.487 e. The molecule has 3 aromatic rings. The number of fused-ring (bicyclic) bond motifs is 2. The summed E-state index contributed by atoms with van der Waals surface area (Å²) in [6.45, 7) is 1.34. The summed E-state index contributed by atoms with van der Waals surface area (Å²) >= 11 is 6.29. The number of nitrogens with one attached hydrogen (secondary N) is 1. The van der Waals surface area contributed by atoms with E-state index in [1.165, 1.54) is 6.33 Å². The molecule has 10 heteroatoms. The lowest BCUT2D eigenvalue weighted by Crippen LogP contribution is -2.27. The van der Waals surface area contributed by atoms with Crippen LogP contribution in [0, 0.1) is 11.6 Å². The summed E-state index contributed by atoms with van der Waals surface area (Å²) in [5, 5.41) is 4.18. The van der Waals surface area contributed by atoms with Crippen molar-refractivity contribution in [3.8, 4) is 5.75 Å². The molecule has 1 aromatic carbocycles. The van der Waals surface area contributed by atoms with E-state index < -0.39 is 11.6 Å². The molecule has 1 saturated heterocycles. The Morgan fingerprint density at radius 2 is 2.17 bits per heavy atom. The van der Waals surface area contributed by atoms with Crippen molar-refractivity contribution in [3.05, 3.63) is 46.4 Å². The topological polar surface area (TPSA) is 87.2 Å². The number of aromatic nitrogens is 3. The number of benzene rings is 1. The summed E-state index contributed by atoms with van der Waals surface area (Å²) in [6.07, 6.45) is 3.29. The average molecular weight is 422 g/mol. The number of nitrogens with zero attached hydrogens (tertiary/aromatic N) is 3. The molecule has 0 aliphatic carbocycles. The molecule has 0 spiro atoms. The first-order chi connectivity index (χ1) is 14.0. The number of anilines is 1. The third-order valence-corrected chi connectivity index (χ3v) is 5.67. The first kappa shape index (κ1) is 18.5. The van der Waals surface area contributed by atoms with Gasteiger partial charge in [-0.2, -0.15) is 0 Å². The summed E-state index contributed by atoms with van der Waals surface area (Å²) in [4.78, 5) is 8.23. The second-order valence-corrected chi connectivity index (χ2v) is 7.57. The Hall–Kier alpha value is -2.49. The Morgan fingerprint density at radius 1 is 1.31 bits per heavy atom. The second-order valence-electron chi connectivity index (χ2n) is 7.16. The predicted octanol–water partition coefficient (Wildman–Crippen LogP) is 2.96. The molecular weight excluding hydrogens is 404 g/mol. The van der Waals surface area contributed by atoms with E-state index in [-0.39, 0.29) is 12.3 Å². The summed E-state index contributed by atoms with van der Waals surface area (Å²) in [5.41, 5.74) is 7.51. The molecule has 0 amide bonds. The minimum atomic E-state index is -0.897. The predicted molar refractivity (Wildman–Crippen MR) is 103 cm³/mol. The molecular formula is C19H18ClF2N5O2. The maximum absolute atomic E-state index is 14.1. The molecule has 0 bridgehead atoms. The van der Waals surface area contributed by atoms with Crippen molar-refractivity contribution in [1.82, 2.24) is 19.9 Å². The summed E-state index contributed by atoms with van der Waals surface area (Å²) < 4.78 is 41.9. The molecule has 4 heterocycles. The molecule has 2 atom stereocenters. The maximum Gasteiger partial charge on any atom is 0.162 e. The molecule has 2 unspecified atom stereocenters. The van der Waals surface area contributed by atoms with E-state index in [0.717, 1.165) is 6.07 Å². The molecule has 152 valence electrons. The van der Waals surface area contributed by atoms with E-state index in [9.17, 15) is 8.78 Å². The van der Waals surface area contributed by atoms with Gasteiger partial charge in [0.2, 0.25) is 0 Å². The Bertz CT molecular complexity index is 1110. The number of hydrogen-bond acceptors (Lipinski definition) is 6. The van der Waals surface area contributed by atoms with Crippen LogP contribution in [0.3, 0.4) is 0 Å². The lowest BCUT2D eigenvalue weighted by atomic mass is 9.99. The van der Waals surface area contributed by atoms with Crippen LogP contribution in [0.4, 0.5) is 14.6 Å². The van der Waals surface area contributed by atoms with Gasteiger partial charge in [-0.15, -0.1) is 0 Å². The van der Waals surface area contributed by atoms with Crippen LogP contribution >= 0.6 is 11.6 Å². The summed E-state index contributed by atoms with van der Waals surface area (Å²) in [5.74, 6) is -1.04. The van der Waals surface area contributed by atoms with Gasteiger partial charge in [0.15, 0.2) is 11.6 Å². The van der Waals surface area contributed by atoms with Crippen molar-refractivity contribution in [1.29, 1.82) is 0 Å². The molecule has 3 N–H and O–H groups in total. The fourth-order valence-corrected chi connectivity index (χ4v) is 4.28. The SMILES string of the molecule is Nc1ncnc2c1c(Cl)cn2C1CC(Oc2cc(F)c(F)c3c2CNCC3)CO1. The number of halogens is 3. The van der Waals surface area contributed by atoms with Gasteiger partial charge in [-0.1, -0.05) is 11.6 Å². The second kappa shape index (κ2) is 7.08. The normalized spacial score (nSPS) is 21.5. The van der Waals surface area contributed by atoms with Crippen LogP contribution in [0.1, 0.15) is 23.8 Å². The number of rotatable bonds is 3. The highest BCUT2D eigenvalue weighted by Gasteiger charge is 2.32. The zero-order valence-corrected chi connectivity index (χ0v) is 16.0. The number of ether oxygens (including phenoxy) is 2. The fraction of sp³-hybridized carbons (Fsp3) is 0.368. The molecule has 7 nitrogen and oxygen atoms in total. The van der Waals surface area contributed by atoms with Gasteiger partial charge in [-0.3, -0.25) is 0 Å². The average Bonchev–Trinajstić information content (AvgIpc) is 3.31. The smallest absolute Gasteiger partial charge is 0.162 e. The highest BCUT2D eigenvalue weighted by Crippen LogP contribution is 2.36. The van der Waals surface area contributed by atoms with Crippen LogP contribution in [-0.2, 0) is 17.7 Å².